The number of hydrogen-bond donors (Lipinski definition) is 2. The summed E-state index contributed by atoms with van der Waals surface area (Å²) in [6.07, 6.45) is 19.2. The maximum absolute atomic E-state index is 11.9. The third-order valence-electron chi connectivity index (χ3n) is 16.2. The molecule has 258 valence electrons. The Kier molecular flexibility index (Phi) is 9.18. The Hall–Kier alpha value is -1.66. The van der Waals surface area contributed by atoms with Crippen LogP contribution in [-0.4, -0.2) is 61.3 Å². The Morgan fingerprint density at radius 2 is 1.74 bits per heavy atom. The summed E-state index contributed by atoms with van der Waals surface area (Å²) >= 11 is 0. The standard InChI is InChI=1S/C40H64N2O4/c1-27-10-19-40(41-22-23-42(7)24-25-46-26-43)21-20-38(5)32(34(27)40)8-9-33-37(4)17-13-30(28(2)31(37)14-18-39(33,38)6)29-11-15-36(3,16-12-29)35(44)45/h11,13,26-28,31-34,41H,8-10,12,14-25H2,1-7H3,(H,44,45)/t27?,28?,31?,32?,33?,34?,36?,37?,38-,39?,40?/m1/s1. The number of carbonyl (C=O) groups is 2. The number of aliphatic carboxylic acids is 1. The highest BCUT2D eigenvalue weighted by molar-refractivity contribution is 5.74. The zero-order chi connectivity index (χ0) is 33.1. The smallest absolute Gasteiger partial charge is 0.309 e. The van der Waals surface area contributed by atoms with Gasteiger partial charge in [-0.1, -0.05) is 46.8 Å². The minimum atomic E-state index is -0.648. The first-order valence-electron chi connectivity index (χ1n) is 18.9. The highest BCUT2D eigenvalue weighted by Gasteiger charge is 2.69. The Bertz CT molecular complexity index is 1250. The topological polar surface area (TPSA) is 78.9 Å². The number of ether oxygens (including phenoxy) is 1. The molecule has 6 heteroatoms. The molecule has 0 aromatic rings. The lowest BCUT2D eigenvalue weighted by atomic mass is 9.34. The molecule has 6 nitrogen and oxygen atoms in total. The molecule has 0 aromatic heterocycles. The van der Waals surface area contributed by atoms with Crippen LogP contribution in [0.25, 0.3) is 0 Å². The van der Waals surface area contributed by atoms with Crippen LogP contribution in [0, 0.1) is 57.2 Å². The molecule has 0 saturated heterocycles. The third kappa shape index (κ3) is 5.26. The van der Waals surface area contributed by atoms with Gasteiger partial charge < -0.3 is 20.1 Å². The molecular formula is C40H64N2O4. The van der Waals surface area contributed by atoms with E-state index in [0.29, 0.717) is 47.6 Å². The lowest BCUT2D eigenvalue weighted by Gasteiger charge is -2.71. The monoisotopic (exact) mass is 636 g/mol. The largest absolute Gasteiger partial charge is 0.481 e. The van der Waals surface area contributed by atoms with Gasteiger partial charge in [-0.15, -0.1) is 0 Å². The number of allylic oxidation sites excluding steroid dienone is 4. The predicted octanol–water partition coefficient (Wildman–Crippen LogP) is 7.88. The van der Waals surface area contributed by atoms with Crippen molar-refractivity contribution >= 4 is 12.4 Å². The van der Waals surface area contributed by atoms with Crippen molar-refractivity contribution in [1.29, 1.82) is 0 Å². The number of carbonyl (C=O) groups excluding carboxylic acids is 1. The van der Waals surface area contributed by atoms with E-state index in [2.05, 4.69) is 64.0 Å². The summed E-state index contributed by atoms with van der Waals surface area (Å²) in [5.41, 5.74) is 3.74. The van der Waals surface area contributed by atoms with Crippen molar-refractivity contribution in [2.75, 3.05) is 33.3 Å². The molecule has 6 aliphatic carbocycles. The summed E-state index contributed by atoms with van der Waals surface area (Å²) in [5, 5.41) is 14.0. The number of carboxylic acids is 1. The van der Waals surface area contributed by atoms with Gasteiger partial charge in [-0.3, -0.25) is 9.59 Å². The summed E-state index contributed by atoms with van der Waals surface area (Å²) in [6, 6.07) is 0. The summed E-state index contributed by atoms with van der Waals surface area (Å²) < 4.78 is 4.93. The first-order valence-corrected chi connectivity index (χ1v) is 18.9. The Morgan fingerprint density at radius 1 is 0.957 bits per heavy atom. The van der Waals surface area contributed by atoms with Crippen LogP contribution in [-0.2, 0) is 14.3 Å². The molecule has 4 saturated carbocycles. The Labute approximate surface area is 279 Å². The van der Waals surface area contributed by atoms with Crippen molar-refractivity contribution in [3.8, 4) is 0 Å². The molecule has 0 bridgehead atoms. The van der Waals surface area contributed by atoms with E-state index in [1.807, 2.05) is 6.92 Å². The number of nitrogens with zero attached hydrogens (tertiary/aromatic N) is 1. The van der Waals surface area contributed by atoms with Gasteiger partial charge in [0.15, 0.2) is 0 Å². The van der Waals surface area contributed by atoms with Crippen LogP contribution in [0.5, 0.6) is 0 Å². The number of rotatable bonds is 10. The van der Waals surface area contributed by atoms with Gasteiger partial charge in [0.1, 0.15) is 6.61 Å². The number of fused-ring (bicyclic) bond motifs is 7. The second-order valence-electron chi connectivity index (χ2n) is 18.1. The average molecular weight is 637 g/mol. The summed E-state index contributed by atoms with van der Waals surface area (Å²) in [5.74, 6) is 3.69. The van der Waals surface area contributed by atoms with Crippen molar-refractivity contribution in [1.82, 2.24) is 10.2 Å². The van der Waals surface area contributed by atoms with Crippen LogP contribution in [0.3, 0.4) is 0 Å². The summed E-state index contributed by atoms with van der Waals surface area (Å²) in [6.45, 7) is 18.9. The van der Waals surface area contributed by atoms with E-state index in [9.17, 15) is 14.7 Å². The van der Waals surface area contributed by atoms with Gasteiger partial charge >= 0.3 is 5.97 Å². The molecule has 6 rings (SSSR count). The number of hydrogen-bond acceptors (Lipinski definition) is 5. The predicted molar refractivity (Wildman–Crippen MR) is 184 cm³/mol. The van der Waals surface area contributed by atoms with Crippen LogP contribution < -0.4 is 5.32 Å². The first kappa shape index (κ1) is 34.2. The van der Waals surface area contributed by atoms with Gasteiger partial charge in [0.2, 0.25) is 0 Å². The molecule has 0 heterocycles. The van der Waals surface area contributed by atoms with Crippen molar-refractivity contribution < 1.29 is 19.4 Å². The highest BCUT2D eigenvalue weighted by Crippen LogP contribution is 2.75. The number of nitrogens with one attached hydrogen (secondary N) is 1. The van der Waals surface area contributed by atoms with Crippen molar-refractivity contribution in [3.05, 3.63) is 23.3 Å². The maximum atomic E-state index is 11.9. The van der Waals surface area contributed by atoms with E-state index in [-0.39, 0.29) is 5.54 Å². The molecule has 6 aliphatic rings. The van der Waals surface area contributed by atoms with Crippen molar-refractivity contribution in [2.45, 2.75) is 124 Å². The van der Waals surface area contributed by atoms with Gasteiger partial charge in [0, 0.05) is 25.2 Å². The minimum Gasteiger partial charge on any atom is -0.481 e. The molecule has 2 N–H and O–H groups in total. The lowest BCUT2D eigenvalue weighted by molar-refractivity contribution is -0.215. The first-order chi connectivity index (χ1) is 21.7. The molecule has 0 aliphatic heterocycles. The van der Waals surface area contributed by atoms with Crippen LogP contribution in [0.15, 0.2) is 23.3 Å². The van der Waals surface area contributed by atoms with Gasteiger partial charge in [0.05, 0.1) is 5.41 Å². The molecule has 11 atom stereocenters. The second-order valence-corrected chi connectivity index (χ2v) is 18.1. The van der Waals surface area contributed by atoms with E-state index in [1.165, 1.54) is 63.4 Å². The zero-order valence-corrected chi connectivity index (χ0v) is 30.1. The molecule has 0 spiro atoms. The fraction of sp³-hybridized carbons (Fsp3) is 0.850. The van der Waals surface area contributed by atoms with E-state index < -0.39 is 11.4 Å². The van der Waals surface area contributed by atoms with E-state index in [4.69, 9.17) is 4.74 Å². The summed E-state index contributed by atoms with van der Waals surface area (Å²) in [4.78, 5) is 24.7. The molecule has 4 fully saturated rings. The Balaban J connectivity index is 1.20. The Morgan fingerprint density at radius 3 is 2.43 bits per heavy atom. The molecule has 0 radical (unpaired) electrons. The summed E-state index contributed by atoms with van der Waals surface area (Å²) in [7, 11) is 2.13. The fourth-order valence-corrected chi connectivity index (χ4v) is 13.2. The molecule has 0 amide bonds. The molecule has 0 aromatic carbocycles. The number of likely N-dealkylation sites (N-methyl/N-ethyl adjacent to an activating group) is 1. The highest BCUT2D eigenvalue weighted by atomic mass is 16.5. The van der Waals surface area contributed by atoms with Gasteiger partial charge in [-0.25, -0.2) is 0 Å². The van der Waals surface area contributed by atoms with Gasteiger partial charge in [-0.05, 0) is 154 Å². The van der Waals surface area contributed by atoms with Crippen molar-refractivity contribution in [2.24, 2.45) is 57.2 Å². The quantitative estimate of drug-likeness (QED) is 0.188. The van der Waals surface area contributed by atoms with Crippen LogP contribution in [0.2, 0.25) is 0 Å². The van der Waals surface area contributed by atoms with Gasteiger partial charge in [-0.2, -0.15) is 0 Å². The normalized spacial score (nSPS) is 46.7. The van der Waals surface area contributed by atoms with E-state index in [1.54, 1.807) is 5.57 Å². The third-order valence-corrected chi connectivity index (χ3v) is 16.2. The van der Waals surface area contributed by atoms with E-state index >= 15 is 0 Å². The SMILES string of the molecule is CC1CCC2(NCCN(C)CCOC=O)CC[C@]3(C)C(CCC4C5(C)CC=C(C6=CCC(C)(C(=O)O)CC6)C(C)C5CCC43C)C12. The van der Waals surface area contributed by atoms with Crippen LogP contribution >= 0.6 is 0 Å². The number of carboxylic acid groups (broad SMARTS) is 1. The van der Waals surface area contributed by atoms with Crippen molar-refractivity contribution in [3.63, 3.8) is 0 Å². The molecule has 10 unspecified atom stereocenters. The molecule has 46 heavy (non-hydrogen) atoms. The van der Waals surface area contributed by atoms with Crippen LogP contribution in [0.4, 0.5) is 0 Å². The lowest BCUT2D eigenvalue weighted by Crippen LogP contribution is -2.67. The fourth-order valence-electron chi connectivity index (χ4n) is 13.2. The van der Waals surface area contributed by atoms with Crippen LogP contribution in [0.1, 0.15) is 119 Å². The molecular weight excluding hydrogens is 572 g/mol. The minimum absolute atomic E-state index is 0.273. The average Bonchev–Trinajstić information content (AvgIpc) is 3.34. The maximum Gasteiger partial charge on any atom is 0.309 e. The van der Waals surface area contributed by atoms with Gasteiger partial charge in [0.25, 0.3) is 6.47 Å². The van der Waals surface area contributed by atoms with E-state index in [0.717, 1.165) is 56.1 Å². The zero-order valence-electron chi connectivity index (χ0n) is 30.1. The second kappa shape index (κ2) is 12.3.